The van der Waals surface area contributed by atoms with Gasteiger partial charge in [0.1, 0.15) is 17.5 Å². The number of aryl methyl sites for hydroxylation is 1. The fourth-order valence-corrected chi connectivity index (χ4v) is 2.36. The van der Waals surface area contributed by atoms with E-state index in [0.29, 0.717) is 5.69 Å². The van der Waals surface area contributed by atoms with Crippen molar-refractivity contribution in [2.24, 2.45) is 0 Å². The Morgan fingerprint density at radius 3 is 2.60 bits per heavy atom. The summed E-state index contributed by atoms with van der Waals surface area (Å²) in [4.78, 5) is 4.41. The van der Waals surface area contributed by atoms with Gasteiger partial charge >= 0.3 is 0 Å². The first-order chi connectivity index (χ1) is 9.69. The van der Waals surface area contributed by atoms with Crippen LogP contribution in [0.25, 0.3) is 22.0 Å². The summed E-state index contributed by atoms with van der Waals surface area (Å²) in [7, 11) is 0. The molecule has 0 radical (unpaired) electrons. The highest BCUT2D eigenvalue weighted by molar-refractivity contribution is 5.86. The van der Waals surface area contributed by atoms with E-state index in [2.05, 4.69) is 11.1 Å². The van der Waals surface area contributed by atoms with Crippen LogP contribution in [0.1, 0.15) is 11.3 Å². The predicted octanol–water partition coefficient (Wildman–Crippen LogP) is 3.79. The lowest BCUT2D eigenvalue weighted by Gasteiger charge is -2.09. The quantitative estimate of drug-likeness (QED) is 0.724. The normalized spacial score (nSPS) is 10.4. The second kappa shape index (κ2) is 4.67. The molecule has 1 aromatic heterocycles. The van der Waals surface area contributed by atoms with Crippen LogP contribution in [0.15, 0.2) is 48.5 Å². The lowest BCUT2D eigenvalue weighted by Crippen LogP contribution is -1.92. The van der Waals surface area contributed by atoms with Gasteiger partial charge in [-0.15, -0.1) is 0 Å². The third kappa shape index (κ3) is 1.98. The molecule has 0 aliphatic carbocycles. The van der Waals surface area contributed by atoms with Gasteiger partial charge in [0.25, 0.3) is 0 Å². The van der Waals surface area contributed by atoms with Crippen molar-refractivity contribution in [2.75, 3.05) is 0 Å². The fraction of sp³-hybridized carbons (Fsp3) is 0.0588. The molecule has 3 aromatic rings. The molecule has 0 aliphatic rings. The van der Waals surface area contributed by atoms with E-state index < -0.39 is 0 Å². The van der Waals surface area contributed by atoms with Crippen LogP contribution in [0, 0.1) is 18.3 Å². The zero-order valence-electron chi connectivity index (χ0n) is 11.0. The Bertz CT molecular complexity index is 847. The third-order valence-electron chi connectivity index (χ3n) is 3.33. The molecule has 0 spiro atoms. The summed E-state index contributed by atoms with van der Waals surface area (Å²) in [6.07, 6.45) is 0. The maximum Gasteiger partial charge on any atom is 0.149 e. The van der Waals surface area contributed by atoms with E-state index in [1.807, 2.05) is 43.3 Å². The van der Waals surface area contributed by atoms with E-state index in [0.717, 1.165) is 27.6 Å². The van der Waals surface area contributed by atoms with Gasteiger partial charge in [0, 0.05) is 10.9 Å². The number of phenolic OH excluding ortho intramolecular Hbond substituents is 1. The third-order valence-corrected chi connectivity index (χ3v) is 3.33. The molecule has 3 nitrogen and oxygen atoms in total. The molecule has 20 heavy (non-hydrogen) atoms. The number of nitriles is 1. The molecule has 2 aromatic carbocycles. The monoisotopic (exact) mass is 260 g/mol. The Labute approximate surface area is 116 Å². The number of aromatic nitrogens is 1. The summed E-state index contributed by atoms with van der Waals surface area (Å²) in [6, 6.07) is 17.0. The number of benzene rings is 2. The SMILES string of the molecule is Cc1cc(O)ccc1-c1cc2ccccc2nc1C#N. The Balaban J connectivity index is 2.32. The van der Waals surface area contributed by atoms with Crippen molar-refractivity contribution >= 4 is 10.9 Å². The topological polar surface area (TPSA) is 56.9 Å². The number of phenols is 1. The van der Waals surface area contributed by atoms with Gasteiger partial charge in [-0.3, -0.25) is 0 Å². The van der Waals surface area contributed by atoms with Gasteiger partial charge in [-0.2, -0.15) is 5.26 Å². The molecule has 0 unspecified atom stereocenters. The van der Waals surface area contributed by atoms with E-state index in [4.69, 9.17) is 0 Å². The predicted molar refractivity (Wildman–Crippen MR) is 78.3 cm³/mol. The summed E-state index contributed by atoms with van der Waals surface area (Å²) in [5, 5.41) is 19.8. The number of nitrogens with zero attached hydrogens (tertiary/aromatic N) is 2. The minimum atomic E-state index is 0.221. The van der Waals surface area contributed by atoms with E-state index in [1.165, 1.54) is 0 Å². The summed E-state index contributed by atoms with van der Waals surface area (Å²) in [6.45, 7) is 1.91. The minimum absolute atomic E-state index is 0.221. The maximum atomic E-state index is 9.50. The van der Waals surface area contributed by atoms with Gasteiger partial charge in [-0.25, -0.2) is 4.98 Å². The molecule has 96 valence electrons. The van der Waals surface area contributed by atoms with Crippen molar-refractivity contribution in [1.82, 2.24) is 4.98 Å². The number of hydrogen-bond acceptors (Lipinski definition) is 3. The minimum Gasteiger partial charge on any atom is -0.508 e. The molecule has 0 atom stereocenters. The molecule has 1 heterocycles. The number of para-hydroxylation sites is 1. The Hall–Kier alpha value is -2.86. The Kier molecular flexibility index (Phi) is 2.85. The van der Waals surface area contributed by atoms with Crippen molar-refractivity contribution in [3.63, 3.8) is 0 Å². The standard InChI is InChI=1S/C17H12N2O/c1-11-8-13(20)6-7-14(11)15-9-12-4-2-3-5-16(12)19-17(15)10-18/h2-9,20H,1H3. The number of hydrogen-bond donors (Lipinski definition) is 1. The van der Waals surface area contributed by atoms with E-state index in [1.54, 1.807) is 12.1 Å². The molecule has 0 bridgehead atoms. The number of fused-ring (bicyclic) bond motifs is 1. The van der Waals surface area contributed by atoms with Crippen LogP contribution >= 0.6 is 0 Å². The molecule has 0 saturated carbocycles. The summed E-state index contributed by atoms with van der Waals surface area (Å²) >= 11 is 0. The van der Waals surface area contributed by atoms with Crippen LogP contribution in [0.3, 0.4) is 0 Å². The largest absolute Gasteiger partial charge is 0.508 e. The van der Waals surface area contributed by atoms with Crippen LogP contribution in [0.5, 0.6) is 5.75 Å². The molecule has 0 saturated heterocycles. The van der Waals surface area contributed by atoms with Crippen LogP contribution in [-0.2, 0) is 0 Å². The highest BCUT2D eigenvalue weighted by Gasteiger charge is 2.11. The molecular formula is C17H12N2O. The molecule has 1 N–H and O–H groups in total. The second-order valence-corrected chi connectivity index (χ2v) is 4.69. The lowest BCUT2D eigenvalue weighted by molar-refractivity contribution is 0.475. The fourth-order valence-electron chi connectivity index (χ4n) is 2.36. The smallest absolute Gasteiger partial charge is 0.149 e. The molecule has 0 fully saturated rings. The highest BCUT2D eigenvalue weighted by atomic mass is 16.3. The second-order valence-electron chi connectivity index (χ2n) is 4.69. The van der Waals surface area contributed by atoms with Gasteiger partial charge in [-0.05, 0) is 42.3 Å². The van der Waals surface area contributed by atoms with E-state index in [-0.39, 0.29) is 5.75 Å². The highest BCUT2D eigenvalue weighted by Crippen LogP contribution is 2.30. The summed E-state index contributed by atoms with van der Waals surface area (Å²) in [5.74, 6) is 0.221. The van der Waals surface area contributed by atoms with Crippen LogP contribution in [0.4, 0.5) is 0 Å². The van der Waals surface area contributed by atoms with Crippen molar-refractivity contribution in [3.05, 3.63) is 59.8 Å². The summed E-state index contributed by atoms with van der Waals surface area (Å²) in [5.41, 5.74) is 3.83. The Morgan fingerprint density at radius 2 is 1.85 bits per heavy atom. The first-order valence-corrected chi connectivity index (χ1v) is 6.29. The van der Waals surface area contributed by atoms with E-state index in [9.17, 15) is 10.4 Å². The van der Waals surface area contributed by atoms with Gasteiger partial charge in [0.2, 0.25) is 0 Å². The molecule has 0 amide bonds. The number of pyridine rings is 1. The van der Waals surface area contributed by atoms with Gasteiger partial charge in [-0.1, -0.05) is 24.3 Å². The zero-order chi connectivity index (χ0) is 14.1. The van der Waals surface area contributed by atoms with Gasteiger partial charge in [0.15, 0.2) is 0 Å². The van der Waals surface area contributed by atoms with Crippen molar-refractivity contribution in [1.29, 1.82) is 5.26 Å². The van der Waals surface area contributed by atoms with Crippen LogP contribution in [0.2, 0.25) is 0 Å². The Morgan fingerprint density at radius 1 is 1.05 bits per heavy atom. The van der Waals surface area contributed by atoms with Crippen molar-refractivity contribution in [2.45, 2.75) is 6.92 Å². The average Bonchev–Trinajstić information content (AvgIpc) is 2.46. The van der Waals surface area contributed by atoms with Crippen LogP contribution < -0.4 is 0 Å². The lowest BCUT2D eigenvalue weighted by atomic mass is 9.97. The van der Waals surface area contributed by atoms with Crippen molar-refractivity contribution < 1.29 is 5.11 Å². The first kappa shape index (κ1) is 12.2. The van der Waals surface area contributed by atoms with E-state index >= 15 is 0 Å². The molecule has 0 aliphatic heterocycles. The van der Waals surface area contributed by atoms with Crippen LogP contribution in [-0.4, -0.2) is 10.1 Å². The summed E-state index contributed by atoms with van der Waals surface area (Å²) < 4.78 is 0. The molecule has 3 heteroatoms. The average molecular weight is 260 g/mol. The molecular weight excluding hydrogens is 248 g/mol. The maximum absolute atomic E-state index is 9.50. The first-order valence-electron chi connectivity index (χ1n) is 6.29. The zero-order valence-corrected chi connectivity index (χ0v) is 11.0. The number of aromatic hydroxyl groups is 1. The van der Waals surface area contributed by atoms with Gasteiger partial charge < -0.3 is 5.11 Å². The van der Waals surface area contributed by atoms with Gasteiger partial charge in [0.05, 0.1) is 5.52 Å². The molecule has 3 rings (SSSR count). The number of rotatable bonds is 1. The van der Waals surface area contributed by atoms with Crippen molar-refractivity contribution in [3.8, 4) is 22.9 Å².